The Balaban J connectivity index is 2.99. The average Bonchev–Trinajstić information content (AvgIpc) is 2.38. The van der Waals surface area contributed by atoms with Gasteiger partial charge in [-0.3, -0.25) is 19.8 Å². The molecule has 20 heavy (non-hydrogen) atoms. The quantitative estimate of drug-likeness (QED) is 0.578. The van der Waals surface area contributed by atoms with E-state index in [4.69, 9.17) is 9.84 Å². The third kappa shape index (κ3) is 4.51. The van der Waals surface area contributed by atoms with E-state index in [0.29, 0.717) is 24.4 Å². The summed E-state index contributed by atoms with van der Waals surface area (Å²) in [5, 5.41) is 19.7. The van der Waals surface area contributed by atoms with Gasteiger partial charge in [0.25, 0.3) is 5.69 Å². The van der Waals surface area contributed by atoms with E-state index in [2.05, 4.69) is 0 Å². The first-order valence-electron chi connectivity index (χ1n) is 6.23. The molecule has 0 radical (unpaired) electrons. The maximum atomic E-state index is 10.8. The van der Waals surface area contributed by atoms with Gasteiger partial charge in [0, 0.05) is 24.2 Å². The van der Waals surface area contributed by atoms with Gasteiger partial charge >= 0.3 is 5.97 Å². The Morgan fingerprint density at radius 2 is 2.20 bits per heavy atom. The van der Waals surface area contributed by atoms with Crippen LogP contribution in [0.15, 0.2) is 18.2 Å². The van der Waals surface area contributed by atoms with Crippen molar-refractivity contribution in [2.75, 3.05) is 20.2 Å². The maximum Gasteiger partial charge on any atom is 0.317 e. The third-order valence-electron chi connectivity index (χ3n) is 2.77. The topological polar surface area (TPSA) is 92.9 Å². The van der Waals surface area contributed by atoms with Crippen LogP contribution in [-0.4, -0.2) is 41.1 Å². The lowest BCUT2D eigenvalue weighted by Gasteiger charge is -2.20. The molecular formula is C13H18N2O5. The highest BCUT2D eigenvalue weighted by atomic mass is 16.6. The second-order valence-electron chi connectivity index (χ2n) is 4.36. The van der Waals surface area contributed by atoms with Gasteiger partial charge in [0.2, 0.25) is 0 Å². The van der Waals surface area contributed by atoms with Crippen molar-refractivity contribution in [3.63, 3.8) is 0 Å². The van der Waals surface area contributed by atoms with Crippen LogP contribution in [0.5, 0.6) is 5.75 Å². The molecule has 110 valence electrons. The van der Waals surface area contributed by atoms with Crippen LogP contribution in [0.1, 0.15) is 18.9 Å². The molecule has 0 atom stereocenters. The Hall–Kier alpha value is -2.15. The van der Waals surface area contributed by atoms with Crippen LogP contribution >= 0.6 is 0 Å². The van der Waals surface area contributed by atoms with E-state index in [0.717, 1.165) is 6.42 Å². The predicted molar refractivity (Wildman–Crippen MR) is 72.9 cm³/mol. The molecule has 0 aromatic heterocycles. The molecule has 0 heterocycles. The Labute approximate surface area is 116 Å². The lowest BCUT2D eigenvalue weighted by atomic mass is 10.1. The Morgan fingerprint density at radius 1 is 1.50 bits per heavy atom. The van der Waals surface area contributed by atoms with E-state index in [-0.39, 0.29) is 12.2 Å². The van der Waals surface area contributed by atoms with Gasteiger partial charge in [-0.25, -0.2) is 0 Å². The number of nitro groups is 1. The van der Waals surface area contributed by atoms with Crippen molar-refractivity contribution in [1.29, 1.82) is 0 Å². The molecule has 1 aromatic carbocycles. The van der Waals surface area contributed by atoms with Crippen LogP contribution < -0.4 is 4.74 Å². The van der Waals surface area contributed by atoms with Gasteiger partial charge in [0.15, 0.2) is 0 Å². The number of rotatable bonds is 8. The van der Waals surface area contributed by atoms with Crippen LogP contribution in [0.3, 0.4) is 0 Å². The fourth-order valence-electron chi connectivity index (χ4n) is 1.96. The Kier molecular flexibility index (Phi) is 5.92. The second-order valence-corrected chi connectivity index (χ2v) is 4.36. The molecule has 0 fully saturated rings. The smallest absolute Gasteiger partial charge is 0.317 e. The van der Waals surface area contributed by atoms with Gasteiger partial charge in [-0.2, -0.15) is 0 Å². The van der Waals surface area contributed by atoms with Crippen molar-refractivity contribution < 1.29 is 19.6 Å². The zero-order valence-corrected chi connectivity index (χ0v) is 11.5. The van der Waals surface area contributed by atoms with Gasteiger partial charge in [-0.15, -0.1) is 0 Å². The molecule has 0 saturated heterocycles. The molecule has 1 rings (SSSR count). The van der Waals surface area contributed by atoms with Crippen LogP contribution in [0.25, 0.3) is 0 Å². The van der Waals surface area contributed by atoms with E-state index >= 15 is 0 Å². The van der Waals surface area contributed by atoms with Gasteiger partial charge in [-0.05, 0) is 19.0 Å². The highest BCUT2D eigenvalue weighted by Gasteiger charge is 2.16. The molecule has 0 unspecified atom stereocenters. The molecule has 0 spiro atoms. The van der Waals surface area contributed by atoms with Crippen molar-refractivity contribution in [3.05, 3.63) is 33.9 Å². The zero-order valence-electron chi connectivity index (χ0n) is 11.5. The number of nitrogens with zero attached hydrogens (tertiary/aromatic N) is 2. The molecule has 1 aromatic rings. The lowest BCUT2D eigenvalue weighted by molar-refractivity contribution is -0.384. The molecule has 0 amide bonds. The van der Waals surface area contributed by atoms with E-state index < -0.39 is 10.9 Å². The number of benzene rings is 1. The van der Waals surface area contributed by atoms with E-state index in [1.165, 1.54) is 25.3 Å². The normalized spacial score (nSPS) is 10.6. The summed E-state index contributed by atoms with van der Waals surface area (Å²) in [6.07, 6.45) is 0.796. The number of nitro benzene ring substituents is 1. The van der Waals surface area contributed by atoms with Crippen LogP contribution in [0.2, 0.25) is 0 Å². The first kappa shape index (κ1) is 15.9. The number of ether oxygens (including phenoxy) is 1. The van der Waals surface area contributed by atoms with Crippen LogP contribution in [0.4, 0.5) is 5.69 Å². The summed E-state index contributed by atoms with van der Waals surface area (Å²) in [7, 11) is 1.48. The molecular weight excluding hydrogens is 264 g/mol. The van der Waals surface area contributed by atoms with Crippen molar-refractivity contribution in [1.82, 2.24) is 4.90 Å². The number of aliphatic carboxylic acids is 1. The molecule has 7 heteroatoms. The van der Waals surface area contributed by atoms with Crippen molar-refractivity contribution in [2.45, 2.75) is 19.9 Å². The van der Waals surface area contributed by atoms with Gasteiger partial charge in [0.05, 0.1) is 18.6 Å². The molecule has 0 saturated carbocycles. The average molecular weight is 282 g/mol. The number of hydrogen-bond donors (Lipinski definition) is 1. The SMILES string of the molecule is CCCN(CC(=O)O)Cc1cc([N+](=O)[O-])ccc1OC. The van der Waals surface area contributed by atoms with Crippen molar-refractivity contribution in [3.8, 4) is 5.75 Å². The monoisotopic (exact) mass is 282 g/mol. The molecule has 1 N–H and O–H groups in total. The van der Waals surface area contributed by atoms with E-state index in [9.17, 15) is 14.9 Å². The van der Waals surface area contributed by atoms with Crippen molar-refractivity contribution >= 4 is 11.7 Å². The predicted octanol–water partition coefficient (Wildman–Crippen LogP) is 1.90. The number of carboxylic acids is 1. The minimum absolute atomic E-state index is 0.0347. The summed E-state index contributed by atoms with van der Waals surface area (Å²) < 4.78 is 5.17. The lowest BCUT2D eigenvalue weighted by Crippen LogP contribution is -2.30. The second kappa shape index (κ2) is 7.44. The number of hydrogen-bond acceptors (Lipinski definition) is 5. The third-order valence-corrected chi connectivity index (χ3v) is 2.77. The number of non-ortho nitro benzene ring substituents is 1. The summed E-state index contributed by atoms with van der Waals surface area (Å²) in [4.78, 5) is 22.9. The zero-order chi connectivity index (χ0) is 15.1. The summed E-state index contributed by atoms with van der Waals surface area (Å²) in [6.45, 7) is 2.72. The summed E-state index contributed by atoms with van der Waals surface area (Å²) in [5.74, 6) is -0.412. The van der Waals surface area contributed by atoms with Crippen LogP contribution in [0, 0.1) is 10.1 Å². The first-order chi connectivity index (χ1) is 9.47. The minimum atomic E-state index is -0.928. The summed E-state index contributed by atoms with van der Waals surface area (Å²) >= 11 is 0. The number of carboxylic acid groups (broad SMARTS) is 1. The fourth-order valence-corrected chi connectivity index (χ4v) is 1.96. The van der Waals surface area contributed by atoms with Gasteiger partial charge in [-0.1, -0.05) is 6.92 Å². The van der Waals surface area contributed by atoms with Crippen molar-refractivity contribution in [2.24, 2.45) is 0 Å². The molecule has 0 aliphatic carbocycles. The maximum absolute atomic E-state index is 10.8. The van der Waals surface area contributed by atoms with Crippen LogP contribution in [-0.2, 0) is 11.3 Å². The minimum Gasteiger partial charge on any atom is -0.496 e. The van der Waals surface area contributed by atoms with E-state index in [1.54, 1.807) is 4.90 Å². The highest BCUT2D eigenvalue weighted by Crippen LogP contribution is 2.25. The Morgan fingerprint density at radius 3 is 2.70 bits per heavy atom. The first-order valence-corrected chi connectivity index (χ1v) is 6.23. The largest absolute Gasteiger partial charge is 0.496 e. The van der Waals surface area contributed by atoms with Gasteiger partial charge in [0.1, 0.15) is 5.75 Å². The molecule has 0 aliphatic heterocycles. The van der Waals surface area contributed by atoms with E-state index in [1.807, 2.05) is 6.92 Å². The molecule has 0 aliphatic rings. The molecule has 7 nitrogen and oxygen atoms in total. The number of carbonyl (C=O) groups is 1. The fraction of sp³-hybridized carbons (Fsp3) is 0.462. The standard InChI is InChI=1S/C13H18N2O5/c1-3-6-14(9-13(16)17)8-10-7-11(15(18)19)4-5-12(10)20-2/h4-5,7H,3,6,8-9H2,1-2H3,(H,16,17). The highest BCUT2D eigenvalue weighted by molar-refractivity contribution is 5.69. The Bertz CT molecular complexity index is 490. The summed E-state index contributed by atoms with van der Waals surface area (Å²) in [5.41, 5.74) is 0.573. The number of methoxy groups -OCH3 is 1. The van der Waals surface area contributed by atoms with Gasteiger partial charge < -0.3 is 9.84 Å². The summed E-state index contributed by atoms with van der Waals surface area (Å²) in [6, 6.07) is 4.31. The molecule has 0 bridgehead atoms.